The molecule has 1 atom stereocenters. The normalized spacial score (nSPS) is 17.1. The minimum atomic E-state index is 0.228. The third-order valence-corrected chi connectivity index (χ3v) is 5.12. The lowest BCUT2D eigenvalue weighted by Crippen LogP contribution is -2.18. The van der Waals surface area contributed by atoms with Crippen molar-refractivity contribution in [1.29, 1.82) is 0 Å². The maximum atomic E-state index is 6.22. The molecule has 1 aliphatic heterocycles. The third kappa shape index (κ3) is 3.57. The Bertz CT molecular complexity index is 929. The highest BCUT2D eigenvalue weighted by molar-refractivity contribution is 6.31. The highest BCUT2D eigenvalue weighted by Gasteiger charge is 2.20. The average Bonchev–Trinajstić information content (AvgIpc) is 3.23. The van der Waals surface area contributed by atoms with Crippen molar-refractivity contribution in [2.45, 2.75) is 45.9 Å². The van der Waals surface area contributed by atoms with Gasteiger partial charge in [0.25, 0.3) is 0 Å². The van der Waals surface area contributed by atoms with Crippen molar-refractivity contribution >= 4 is 22.6 Å². The quantitative estimate of drug-likeness (QED) is 0.629. The molecular weight excluding hydrogens is 348 g/mol. The van der Waals surface area contributed by atoms with E-state index in [0.717, 1.165) is 54.2 Å². The van der Waals surface area contributed by atoms with Crippen LogP contribution < -0.4 is 4.74 Å². The van der Waals surface area contributed by atoms with Crippen LogP contribution in [0, 0.1) is 13.8 Å². The fourth-order valence-corrected chi connectivity index (χ4v) is 3.72. The molecule has 0 bridgehead atoms. The standard InChI is InChI=1S/C21H23ClN2O2/c1-14-5-8-20(15(2)10-14)26-13-21-23-18-7-6-16(22)11-19(18)24(21)12-17-4-3-9-25-17/h5-8,10-11,17H,3-4,9,12-13H2,1-2H3. The number of nitrogens with zero attached hydrogens (tertiary/aromatic N) is 2. The van der Waals surface area contributed by atoms with Gasteiger partial charge in [-0.05, 0) is 56.5 Å². The second kappa shape index (κ2) is 7.29. The summed E-state index contributed by atoms with van der Waals surface area (Å²) in [6.45, 7) is 6.19. The number of halogens is 1. The minimum Gasteiger partial charge on any atom is -0.485 e. The van der Waals surface area contributed by atoms with E-state index in [1.807, 2.05) is 24.3 Å². The molecule has 0 spiro atoms. The number of ether oxygens (including phenoxy) is 2. The van der Waals surface area contributed by atoms with Gasteiger partial charge in [-0.1, -0.05) is 29.3 Å². The molecule has 1 saturated heterocycles. The summed E-state index contributed by atoms with van der Waals surface area (Å²) in [6, 6.07) is 12.0. The van der Waals surface area contributed by atoms with Crippen LogP contribution in [0.5, 0.6) is 5.75 Å². The molecule has 4 nitrogen and oxygen atoms in total. The second-order valence-electron chi connectivity index (χ2n) is 6.96. The van der Waals surface area contributed by atoms with Crippen molar-refractivity contribution in [2.24, 2.45) is 0 Å². The summed E-state index contributed by atoms with van der Waals surface area (Å²) in [5, 5.41) is 0.716. The van der Waals surface area contributed by atoms with Crippen molar-refractivity contribution in [1.82, 2.24) is 9.55 Å². The summed E-state index contributed by atoms with van der Waals surface area (Å²) in [6.07, 6.45) is 2.43. The zero-order valence-corrected chi connectivity index (χ0v) is 15.9. The van der Waals surface area contributed by atoms with E-state index in [1.54, 1.807) is 0 Å². The second-order valence-corrected chi connectivity index (χ2v) is 7.40. The Morgan fingerprint density at radius 3 is 2.88 bits per heavy atom. The van der Waals surface area contributed by atoms with Crippen LogP contribution in [-0.2, 0) is 17.9 Å². The Labute approximate surface area is 158 Å². The summed E-state index contributed by atoms with van der Waals surface area (Å²) in [5.41, 5.74) is 4.34. The molecule has 3 aromatic rings. The highest BCUT2D eigenvalue weighted by atomic mass is 35.5. The molecule has 0 radical (unpaired) electrons. The summed E-state index contributed by atoms with van der Waals surface area (Å²) in [4.78, 5) is 4.78. The van der Waals surface area contributed by atoms with Gasteiger partial charge in [0, 0.05) is 11.6 Å². The first kappa shape index (κ1) is 17.4. The van der Waals surface area contributed by atoms with E-state index in [2.05, 4.69) is 30.5 Å². The molecule has 0 saturated carbocycles. The van der Waals surface area contributed by atoms with Crippen molar-refractivity contribution in [3.05, 3.63) is 58.4 Å². The maximum Gasteiger partial charge on any atom is 0.148 e. The fourth-order valence-electron chi connectivity index (χ4n) is 3.56. The Kier molecular flexibility index (Phi) is 4.88. The molecule has 4 rings (SSSR count). The van der Waals surface area contributed by atoms with Gasteiger partial charge in [0.05, 0.1) is 23.7 Å². The predicted molar refractivity (Wildman–Crippen MR) is 104 cm³/mol. The first-order valence-corrected chi connectivity index (χ1v) is 9.44. The lowest BCUT2D eigenvalue weighted by molar-refractivity contribution is 0.0962. The van der Waals surface area contributed by atoms with Gasteiger partial charge < -0.3 is 14.0 Å². The largest absolute Gasteiger partial charge is 0.485 e. The van der Waals surface area contributed by atoms with Gasteiger partial charge >= 0.3 is 0 Å². The number of imidazole rings is 1. The Morgan fingerprint density at radius 1 is 1.23 bits per heavy atom. The van der Waals surface area contributed by atoms with Gasteiger partial charge in [-0.25, -0.2) is 4.98 Å². The van der Waals surface area contributed by atoms with Gasteiger partial charge in [0.1, 0.15) is 18.2 Å². The van der Waals surface area contributed by atoms with E-state index in [4.69, 9.17) is 26.1 Å². The molecule has 2 heterocycles. The third-order valence-electron chi connectivity index (χ3n) is 4.89. The van der Waals surface area contributed by atoms with E-state index in [9.17, 15) is 0 Å². The number of hydrogen-bond acceptors (Lipinski definition) is 3. The zero-order valence-electron chi connectivity index (χ0n) is 15.2. The minimum absolute atomic E-state index is 0.228. The van der Waals surface area contributed by atoms with E-state index in [1.165, 1.54) is 5.56 Å². The Morgan fingerprint density at radius 2 is 2.12 bits per heavy atom. The summed E-state index contributed by atoms with van der Waals surface area (Å²) < 4.78 is 14.1. The number of aromatic nitrogens is 2. The van der Waals surface area contributed by atoms with Crippen molar-refractivity contribution in [3.8, 4) is 5.75 Å². The lowest BCUT2D eigenvalue weighted by atomic mass is 10.1. The van der Waals surface area contributed by atoms with E-state index in [-0.39, 0.29) is 6.10 Å². The SMILES string of the molecule is Cc1ccc(OCc2nc3ccc(Cl)cc3n2CC2CCCO2)c(C)c1. The Balaban J connectivity index is 1.64. The van der Waals surface area contributed by atoms with Crippen LogP contribution in [0.3, 0.4) is 0 Å². The Hall–Kier alpha value is -2.04. The number of fused-ring (bicyclic) bond motifs is 1. The summed E-state index contributed by atoms with van der Waals surface area (Å²) >= 11 is 6.22. The summed E-state index contributed by atoms with van der Waals surface area (Å²) in [5.74, 6) is 1.79. The lowest BCUT2D eigenvalue weighted by Gasteiger charge is -2.15. The van der Waals surface area contributed by atoms with Crippen LogP contribution in [0.1, 0.15) is 29.8 Å². The monoisotopic (exact) mass is 370 g/mol. The van der Waals surface area contributed by atoms with Crippen molar-refractivity contribution in [2.75, 3.05) is 6.61 Å². The smallest absolute Gasteiger partial charge is 0.148 e. The fraction of sp³-hybridized carbons (Fsp3) is 0.381. The van der Waals surface area contributed by atoms with Gasteiger partial charge in [0.15, 0.2) is 0 Å². The molecule has 1 fully saturated rings. The highest BCUT2D eigenvalue weighted by Crippen LogP contribution is 2.25. The van der Waals surface area contributed by atoms with Crippen molar-refractivity contribution < 1.29 is 9.47 Å². The van der Waals surface area contributed by atoms with E-state index < -0.39 is 0 Å². The molecule has 0 amide bonds. The van der Waals surface area contributed by atoms with Crippen LogP contribution in [0.2, 0.25) is 5.02 Å². The van der Waals surface area contributed by atoms with Gasteiger partial charge in [-0.3, -0.25) is 0 Å². The maximum absolute atomic E-state index is 6.22. The molecular formula is C21H23ClN2O2. The van der Waals surface area contributed by atoms with E-state index >= 15 is 0 Å². The van der Waals surface area contributed by atoms with Gasteiger partial charge in [-0.2, -0.15) is 0 Å². The molecule has 26 heavy (non-hydrogen) atoms. The first-order chi connectivity index (χ1) is 12.6. The van der Waals surface area contributed by atoms with Crippen LogP contribution in [0.4, 0.5) is 0 Å². The number of rotatable bonds is 5. The van der Waals surface area contributed by atoms with Crippen LogP contribution in [0.25, 0.3) is 11.0 Å². The van der Waals surface area contributed by atoms with Gasteiger partial charge in [0.2, 0.25) is 0 Å². The summed E-state index contributed by atoms with van der Waals surface area (Å²) in [7, 11) is 0. The first-order valence-electron chi connectivity index (χ1n) is 9.06. The molecule has 2 aromatic carbocycles. The van der Waals surface area contributed by atoms with Gasteiger partial charge in [-0.15, -0.1) is 0 Å². The predicted octanol–water partition coefficient (Wildman–Crippen LogP) is 5.06. The molecule has 5 heteroatoms. The van der Waals surface area contributed by atoms with Crippen LogP contribution in [-0.4, -0.2) is 22.3 Å². The van der Waals surface area contributed by atoms with Crippen molar-refractivity contribution in [3.63, 3.8) is 0 Å². The molecule has 1 aromatic heterocycles. The van der Waals surface area contributed by atoms with E-state index in [0.29, 0.717) is 11.6 Å². The number of aryl methyl sites for hydroxylation is 2. The molecule has 0 aliphatic carbocycles. The topological polar surface area (TPSA) is 36.3 Å². The molecule has 0 N–H and O–H groups in total. The van der Waals surface area contributed by atoms with Crippen LogP contribution in [0.15, 0.2) is 36.4 Å². The molecule has 1 unspecified atom stereocenters. The average molecular weight is 371 g/mol. The molecule has 1 aliphatic rings. The molecule has 136 valence electrons. The number of benzene rings is 2. The number of hydrogen-bond donors (Lipinski definition) is 0. The van der Waals surface area contributed by atoms with Crippen LogP contribution >= 0.6 is 11.6 Å². The zero-order chi connectivity index (χ0) is 18.1.